The Labute approximate surface area is 333 Å². The molecule has 0 rings (SSSR count). The molecule has 0 N–H and O–H groups in total. The van der Waals surface area contributed by atoms with Crippen molar-refractivity contribution in [2.75, 3.05) is 0 Å². The van der Waals surface area contributed by atoms with E-state index < -0.39 is 0 Å². The summed E-state index contributed by atoms with van der Waals surface area (Å²) < 4.78 is 0. The minimum atomic E-state index is 0.738. The molecular formula is C51H105N. The van der Waals surface area contributed by atoms with Gasteiger partial charge in [0.2, 0.25) is 0 Å². The zero-order valence-corrected chi connectivity index (χ0v) is 37.9. The van der Waals surface area contributed by atoms with Crippen LogP contribution in [0.3, 0.4) is 0 Å². The summed E-state index contributed by atoms with van der Waals surface area (Å²) in [6.07, 6.45) is 61.1. The monoisotopic (exact) mass is 732 g/mol. The van der Waals surface area contributed by atoms with Gasteiger partial charge in [-0.05, 0) is 40.0 Å². The summed E-state index contributed by atoms with van der Waals surface area (Å²) >= 11 is 0. The Bertz CT molecular complexity index is 543. The first-order valence-corrected chi connectivity index (χ1v) is 25.4. The van der Waals surface area contributed by atoms with E-state index in [2.05, 4.69) is 46.4 Å². The predicted molar refractivity (Wildman–Crippen MR) is 241 cm³/mol. The molecule has 0 spiro atoms. The van der Waals surface area contributed by atoms with Crippen LogP contribution < -0.4 is 0 Å². The molecule has 0 heterocycles. The summed E-state index contributed by atoms with van der Waals surface area (Å²) in [5, 5.41) is 0. The largest absolute Gasteiger partial charge is 0.295 e. The molecule has 52 heavy (non-hydrogen) atoms. The lowest BCUT2D eigenvalue weighted by molar-refractivity contribution is 0.0834. The maximum atomic E-state index is 3.00. The zero-order chi connectivity index (χ0) is 38.0. The highest BCUT2D eigenvalue weighted by molar-refractivity contribution is 4.80. The first kappa shape index (κ1) is 52.0. The number of unbranched alkanes of at least 4 members (excludes halogenated alkanes) is 36. The minimum Gasteiger partial charge on any atom is -0.295 e. The van der Waals surface area contributed by atoms with Crippen LogP contribution in [0.5, 0.6) is 0 Å². The van der Waals surface area contributed by atoms with Gasteiger partial charge in [-0.15, -0.1) is 0 Å². The fraction of sp³-hybridized carbons (Fsp3) is 1.00. The third-order valence-corrected chi connectivity index (χ3v) is 12.7. The third-order valence-electron chi connectivity index (χ3n) is 12.7. The van der Waals surface area contributed by atoms with Crippen molar-refractivity contribution in [3.8, 4) is 0 Å². The van der Waals surface area contributed by atoms with E-state index >= 15 is 0 Å². The molecule has 0 aliphatic heterocycles. The summed E-state index contributed by atoms with van der Waals surface area (Å²) in [5.74, 6) is 0. The lowest BCUT2D eigenvalue weighted by Gasteiger charge is -2.40. The van der Waals surface area contributed by atoms with Crippen LogP contribution in [0.1, 0.15) is 311 Å². The second kappa shape index (κ2) is 43.7. The van der Waals surface area contributed by atoms with Gasteiger partial charge < -0.3 is 0 Å². The Kier molecular flexibility index (Phi) is 43.7. The van der Waals surface area contributed by atoms with Gasteiger partial charge in [-0.1, -0.05) is 271 Å². The van der Waals surface area contributed by atoms with E-state index in [1.54, 1.807) is 0 Å². The van der Waals surface area contributed by atoms with Crippen LogP contribution in [0, 0.1) is 0 Å². The average Bonchev–Trinajstić information content (AvgIpc) is 3.14. The van der Waals surface area contributed by atoms with Crippen molar-refractivity contribution in [2.45, 2.75) is 329 Å². The Morgan fingerprint density at radius 3 is 0.500 bits per heavy atom. The van der Waals surface area contributed by atoms with Crippen molar-refractivity contribution in [2.24, 2.45) is 0 Å². The summed E-state index contributed by atoms with van der Waals surface area (Å²) in [4.78, 5) is 3.00. The van der Waals surface area contributed by atoms with E-state index in [1.807, 2.05) is 0 Å². The van der Waals surface area contributed by atoms with Crippen molar-refractivity contribution >= 4 is 0 Å². The third kappa shape index (κ3) is 36.9. The zero-order valence-electron chi connectivity index (χ0n) is 37.9. The molecule has 0 radical (unpaired) electrons. The first-order valence-electron chi connectivity index (χ1n) is 25.4. The van der Waals surface area contributed by atoms with Crippen LogP contribution in [-0.2, 0) is 0 Å². The van der Waals surface area contributed by atoms with Gasteiger partial charge >= 0.3 is 0 Å². The Hall–Kier alpha value is -0.0400. The second-order valence-corrected chi connectivity index (χ2v) is 18.1. The Morgan fingerprint density at radius 1 is 0.212 bits per heavy atom. The highest BCUT2D eigenvalue weighted by Crippen LogP contribution is 2.24. The maximum absolute atomic E-state index is 3.00. The summed E-state index contributed by atoms with van der Waals surface area (Å²) in [6, 6.07) is 2.21. The van der Waals surface area contributed by atoms with Crippen LogP contribution in [0.15, 0.2) is 0 Å². The number of hydrogen-bond donors (Lipinski definition) is 0. The van der Waals surface area contributed by atoms with Crippen molar-refractivity contribution in [3.05, 3.63) is 0 Å². The SMILES string of the molecule is CCCCCCCCCCCCCCCC(C)N(C(C)CCCCCCCCCCCCCCC)C(C)CCCCCCCCCCCCCCC. The van der Waals surface area contributed by atoms with E-state index in [-0.39, 0.29) is 0 Å². The maximum Gasteiger partial charge on any atom is 0.00725 e. The topological polar surface area (TPSA) is 3.24 Å². The standard InChI is InChI=1S/C51H105N/c1-7-10-13-16-19-22-25-28-31-34-37-40-43-46-49(4)52(50(5)47-44-41-38-35-32-29-26-23-20-17-14-11-8-2)51(6)48-45-42-39-36-33-30-27-24-21-18-15-12-9-3/h49-51H,7-48H2,1-6H3. The Balaban J connectivity index is 4.35. The molecule has 0 saturated heterocycles. The van der Waals surface area contributed by atoms with Gasteiger partial charge in [0, 0.05) is 18.1 Å². The highest BCUT2D eigenvalue weighted by Gasteiger charge is 2.24. The van der Waals surface area contributed by atoms with Crippen LogP contribution in [0.2, 0.25) is 0 Å². The fourth-order valence-electron chi connectivity index (χ4n) is 9.12. The van der Waals surface area contributed by atoms with Crippen LogP contribution in [-0.4, -0.2) is 23.0 Å². The van der Waals surface area contributed by atoms with Crippen molar-refractivity contribution in [1.29, 1.82) is 0 Å². The molecule has 0 saturated carbocycles. The van der Waals surface area contributed by atoms with Gasteiger partial charge in [0.25, 0.3) is 0 Å². The molecule has 0 aliphatic carbocycles. The van der Waals surface area contributed by atoms with Gasteiger partial charge in [-0.3, -0.25) is 4.90 Å². The van der Waals surface area contributed by atoms with Gasteiger partial charge in [-0.25, -0.2) is 0 Å². The fourth-order valence-corrected chi connectivity index (χ4v) is 9.12. The summed E-state index contributed by atoms with van der Waals surface area (Å²) in [5.41, 5.74) is 0. The molecule has 3 unspecified atom stereocenters. The van der Waals surface area contributed by atoms with E-state index in [9.17, 15) is 0 Å². The molecule has 0 aliphatic rings. The van der Waals surface area contributed by atoms with E-state index in [1.165, 1.54) is 270 Å². The molecule has 3 atom stereocenters. The molecule has 0 bridgehead atoms. The van der Waals surface area contributed by atoms with Crippen molar-refractivity contribution < 1.29 is 0 Å². The summed E-state index contributed by atoms with van der Waals surface area (Å²) in [7, 11) is 0. The quantitative estimate of drug-likeness (QED) is 0.0564. The molecule has 0 amide bonds. The predicted octanol–water partition coefficient (Wildman–Crippen LogP) is 18.9. The lowest BCUT2D eigenvalue weighted by Crippen LogP contribution is -2.46. The normalized spacial score (nSPS) is 13.7. The van der Waals surface area contributed by atoms with Gasteiger partial charge in [0.15, 0.2) is 0 Å². The number of hydrogen-bond acceptors (Lipinski definition) is 1. The van der Waals surface area contributed by atoms with Crippen LogP contribution >= 0.6 is 0 Å². The number of nitrogens with zero attached hydrogens (tertiary/aromatic N) is 1. The van der Waals surface area contributed by atoms with E-state index in [0.29, 0.717) is 0 Å². The van der Waals surface area contributed by atoms with Gasteiger partial charge in [0.1, 0.15) is 0 Å². The highest BCUT2D eigenvalue weighted by atomic mass is 15.2. The lowest BCUT2D eigenvalue weighted by atomic mass is 9.97. The Morgan fingerprint density at radius 2 is 0.346 bits per heavy atom. The average molecular weight is 732 g/mol. The smallest absolute Gasteiger partial charge is 0.00725 e. The van der Waals surface area contributed by atoms with Crippen LogP contribution in [0.4, 0.5) is 0 Å². The molecule has 0 aromatic carbocycles. The van der Waals surface area contributed by atoms with Crippen molar-refractivity contribution in [3.63, 3.8) is 0 Å². The number of rotatable bonds is 45. The molecule has 1 heteroatoms. The molecular weight excluding hydrogens is 627 g/mol. The van der Waals surface area contributed by atoms with E-state index in [4.69, 9.17) is 0 Å². The van der Waals surface area contributed by atoms with Gasteiger partial charge in [0.05, 0.1) is 0 Å². The first-order chi connectivity index (χ1) is 25.6. The molecule has 1 nitrogen and oxygen atoms in total. The molecule has 0 aromatic heterocycles. The molecule has 0 fully saturated rings. The van der Waals surface area contributed by atoms with Crippen LogP contribution in [0.25, 0.3) is 0 Å². The van der Waals surface area contributed by atoms with Gasteiger partial charge in [-0.2, -0.15) is 0 Å². The second-order valence-electron chi connectivity index (χ2n) is 18.1. The van der Waals surface area contributed by atoms with Crippen molar-refractivity contribution in [1.82, 2.24) is 4.90 Å². The molecule has 314 valence electrons. The minimum absolute atomic E-state index is 0.738. The summed E-state index contributed by atoms with van der Waals surface area (Å²) in [6.45, 7) is 14.7. The van der Waals surface area contributed by atoms with E-state index in [0.717, 1.165) is 18.1 Å². The molecule has 0 aromatic rings.